The first kappa shape index (κ1) is 24.8. The molecule has 192 valence electrons. The molecule has 6 nitrogen and oxygen atoms in total. The van der Waals surface area contributed by atoms with Crippen molar-refractivity contribution in [2.45, 2.75) is 70.6 Å². The number of nitrogens with zero attached hydrogens (tertiary/aromatic N) is 5. The van der Waals surface area contributed by atoms with Crippen molar-refractivity contribution in [2.75, 3.05) is 52.2 Å². The van der Waals surface area contributed by atoms with E-state index < -0.39 is 0 Å². The van der Waals surface area contributed by atoms with Gasteiger partial charge in [-0.25, -0.2) is 4.68 Å². The highest BCUT2D eigenvalue weighted by Crippen LogP contribution is 2.48. The second-order valence-electron chi connectivity index (χ2n) is 11.8. The number of benzene rings is 1. The van der Waals surface area contributed by atoms with E-state index in [-0.39, 0.29) is 0 Å². The molecule has 3 aliphatic rings. The molecule has 0 amide bonds. The first-order chi connectivity index (χ1) is 16.9. The van der Waals surface area contributed by atoms with Crippen LogP contribution in [-0.2, 0) is 6.54 Å². The summed E-state index contributed by atoms with van der Waals surface area (Å²) in [4.78, 5) is 7.78. The van der Waals surface area contributed by atoms with Gasteiger partial charge in [0.15, 0.2) is 0 Å². The van der Waals surface area contributed by atoms with E-state index in [1.807, 2.05) is 7.05 Å². The van der Waals surface area contributed by atoms with E-state index >= 15 is 0 Å². The van der Waals surface area contributed by atoms with Crippen LogP contribution in [0.4, 0.5) is 5.82 Å². The second kappa shape index (κ2) is 10.6. The van der Waals surface area contributed by atoms with Gasteiger partial charge in [-0.1, -0.05) is 24.3 Å². The topological polar surface area (TPSA) is 39.6 Å². The van der Waals surface area contributed by atoms with Gasteiger partial charge in [0.2, 0.25) is 0 Å². The molecule has 1 N–H and O–H groups in total. The van der Waals surface area contributed by atoms with E-state index in [4.69, 9.17) is 5.10 Å². The first-order valence-electron chi connectivity index (χ1n) is 13.9. The summed E-state index contributed by atoms with van der Waals surface area (Å²) in [6.07, 6.45) is 8.99. The Bertz CT molecular complexity index is 961. The third-order valence-electron chi connectivity index (χ3n) is 8.24. The minimum absolute atomic E-state index is 0.355. The van der Waals surface area contributed by atoms with Crippen molar-refractivity contribution < 1.29 is 0 Å². The summed E-state index contributed by atoms with van der Waals surface area (Å²) in [6.45, 7) is 10.1. The normalized spacial score (nSPS) is 22.5. The van der Waals surface area contributed by atoms with Crippen LogP contribution >= 0.6 is 0 Å². The SMILES string of the molecule is CNCCN(C)Cc1cccc(C2CC(N(CC3CC3)CC3CC3)c3cnn(C(C)C)c3N2C)c1. The van der Waals surface area contributed by atoms with Crippen LogP contribution in [0.1, 0.15) is 80.8 Å². The van der Waals surface area contributed by atoms with Crippen molar-refractivity contribution in [1.82, 2.24) is 24.9 Å². The van der Waals surface area contributed by atoms with Gasteiger partial charge >= 0.3 is 0 Å². The third-order valence-corrected chi connectivity index (χ3v) is 8.24. The molecule has 1 aliphatic heterocycles. The van der Waals surface area contributed by atoms with Gasteiger partial charge in [-0.05, 0) is 83.0 Å². The highest BCUT2D eigenvalue weighted by Gasteiger charge is 2.41. The number of fused-ring (bicyclic) bond motifs is 1. The maximum atomic E-state index is 4.92. The Balaban J connectivity index is 1.45. The van der Waals surface area contributed by atoms with Gasteiger partial charge in [0.1, 0.15) is 5.82 Å². The van der Waals surface area contributed by atoms with E-state index in [1.165, 1.54) is 61.3 Å². The predicted octanol–water partition coefficient (Wildman–Crippen LogP) is 4.86. The van der Waals surface area contributed by atoms with Crippen molar-refractivity contribution in [2.24, 2.45) is 11.8 Å². The Hall–Kier alpha value is -1.89. The zero-order chi connectivity index (χ0) is 24.5. The van der Waals surface area contributed by atoms with Crippen LogP contribution in [0.3, 0.4) is 0 Å². The fraction of sp³-hybridized carbons (Fsp3) is 0.690. The third kappa shape index (κ3) is 5.76. The zero-order valence-electron chi connectivity index (χ0n) is 22.6. The molecule has 2 fully saturated rings. The van der Waals surface area contributed by atoms with Crippen molar-refractivity contribution in [3.05, 3.63) is 47.2 Å². The fourth-order valence-electron chi connectivity index (χ4n) is 5.88. The van der Waals surface area contributed by atoms with E-state index in [9.17, 15) is 0 Å². The maximum Gasteiger partial charge on any atom is 0.132 e. The average Bonchev–Trinajstić information content (AvgIpc) is 3.77. The lowest BCUT2D eigenvalue weighted by Crippen LogP contribution is -2.41. The zero-order valence-corrected chi connectivity index (χ0v) is 22.6. The molecule has 2 aromatic rings. The molecule has 2 heterocycles. The average molecular weight is 479 g/mol. The standard InChI is InChI=1S/C29H46N6/c1-21(2)35-29-26(17-31-35)28(34(19-22-9-10-22)20-23-11-12-23)16-27(33(29)5)25-8-6-7-24(15-25)18-32(4)14-13-30-3/h6-8,15,17,21-23,27-28,30H,9-14,16,18-20H2,1-5H3. The molecule has 35 heavy (non-hydrogen) atoms. The molecule has 2 unspecified atom stereocenters. The Kier molecular flexibility index (Phi) is 7.52. The number of hydrogen-bond acceptors (Lipinski definition) is 5. The number of aromatic nitrogens is 2. The minimum Gasteiger partial charge on any atom is -0.352 e. The highest BCUT2D eigenvalue weighted by molar-refractivity contribution is 5.54. The number of nitrogens with one attached hydrogen (secondary N) is 1. The molecule has 0 saturated heterocycles. The molecular weight excluding hydrogens is 432 g/mol. The van der Waals surface area contributed by atoms with Crippen molar-refractivity contribution in [3.63, 3.8) is 0 Å². The van der Waals surface area contributed by atoms with Gasteiger partial charge in [-0.15, -0.1) is 0 Å². The smallest absolute Gasteiger partial charge is 0.132 e. The Labute approximate surface area is 212 Å². The molecule has 5 rings (SSSR count). The minimum atomic E-state index is 0.355. The summed E-state index contributed by atoms with van der Waals surface area (Å²) in [7, 11) is 6.53. The van der Waals surface area contributed by atoms with Gasteiger partial charge < -0.3 is 15.1 Å². The molecule has 6 heteroatoms. The van der Waals surface area contributed by atoms with Crippen LogP contribution in [0.25, 0.3) is 0 Å². The lowest BCUT2D eigenvalue weighted by molar-refractivity contribution is 0.158. The van der Waals surface area contributed by atoms with Crippen LogP contribution in [-0.4, -0.2) is 66.9 Å². The van der Waals surface area contributed by atoms with Gasteiger partial charge in [0, 0.05) is 57.4 Å². The largest absolute Gasteiger partial charge is 0.352 e. The van der Waals surface area contributed by atoms with Gasteiger partial charge in [0.05, 0.1) is 12.2 Å². The summed E-state index contributed by atoms with van der Waals surface area (Å²) in [6, 6.07) is 10.5. The van der Waals surface area contributed by atoms with E-state index in [2.05, 4.69) is 83.1 Å². The molecule has 0 radical (unpaired) electrons. The maximum absolute atomic E-state index is 4.92. The number of likely N-dealkylation sites (N-methyl/N-ethyl adjacent to an activating group) is 2. The van der Waals surface area contributed by atoms with Gasteiger partial charge in [-0.2, -0.15) is 5.10 Å². The summed E-state index contributed by atoms with van der Waals surface area (Å²) in [5.74, 6) is 3.15. The van der Waals surface area contributed by atoms with Crippen LogP contribution < -0.4 is 10.2 Å². The fourth-order valence-corrected chi connectivity index (χ4v) is 5.88. The highest BCUT2D eigenvalue weighted by atomic mass is 15.4. The summed E-state index contributed by atoms with van der Waals surface area (Å²) >= 11 is 0. The summed E-state index contributed by atoms with van der Waals surface area (Å²) in [5, 5.41) is 8.18. The van der Waals surface area contributed by atoms with Gasteiger partial charge in [0.25, 0.3) is 0 Å². The molecule has 2 saturated carbocycles. The van der Waals surface area contributed by atoms with E-state index in [1.54, 1.807) is 0 Å². The van der Waals surface area contributed by atoms with Crippen LogP contribution in [0.5, 0.6) is 0 Å². The second-order valence-corrected chi connectivity index (χ2v) is 11.8. The van der Waals surface area contributed by atoms with E-state index in [0.29, 0.717) is 18.1 Å². The lowest BCUT2D eigenvalue weighted by atomic mass is 9.88. The molecular formula is C29H46N6. The first-order valence-corrected chi connectivity index (χ1v) is 13.9. The Morgan fingerprint density at radius 1 is 1.11 bits per heavy atom. The molecule has 1 aromatic carbocycles. The monoisotopic (exact) mass is 478 g/mol. The summed E-state index contributed by atoms with van der Waals surface area (Å²) in [5.41, 5.74) is 4.29. The van der Waals surface area contributed by atoms with Crippen molar-refractivity contribution >= 4 is 5.82 Å². The van der Waals surface area contributed by atoms with Crippen molar-refractivity contribution in [1.29, 1.82) is 0 Å². The molecule has 2 atom stereocenters. The predicted molar refractivity (Wildman–Crippen MR) is 145 cm³/mol. The molecule has 2 aliphatic carbocycles. The van der Waals surface area contributed by atoms with E-state index in [0.717, 1.165) is 37.9 Å². The quantitative estimate of drug-likeness (QED) is 0.472. The van der Waals surface area contributed by atoms with Crippen LogP contribution in [0, 0.1) is 11.8 Å². The lowest BCUT2D eigenvalue weighted by Gasteiger charge is -2.43. The van der Waals surface area contributed by atoms with Crippen molar-refractivity contribution in [3.8, 4) is 0 Å². The van der Waals surface area contributed by atoms with Gasteiger partial charge in [-0.3, -0.25) is 4.90 Å². The number of rotatable bonds is 12. The molecule has 0 spiro atoms. The molecule has 0 bridgehead atoms. The number of anilines is 1. The van der Waals surface area contributed by atoms with Crippen LogP contribution in [0.15, 0.2) is 30.5 Å². The summed E-state index contributed by atoms with van der Waals surface area (Å²) < 4.78 is 2.26. The Morgan fingerprint density at radius 3 is 2.46 bits per heavy atom. The van der Waals surface area contributed by atoms with Crippen LogP contribution in [0.2, 0.25) is 0 Å². The number of hydrogen-bond donors (Lipinski definition) is 1. The molecule has 1 aromatic heterocycles. The Morgan fingerprint density at radius 2 is 1.83 bits per heavy atom.